The molecule has 0 fully saturated rings. The highest BCUT2D eigenvalue weighted by Gasteiger charge is 2.25. The molecule has 2 atom stereocenters. The molecule has 0 spiro atoms. The zero-order chi connectivity index (χ0) is 17.7. The van der Waals surface area contributed by atoms with Gasteiger partial charge < -0.3 is 10.6 Å². The first-order valence-electron chi connectivity index (χ1n) is 9.02. The van der Waals surface area contributed by atoms with Crippen LogP contribution in [-0.2, 0) is 0 Å². The molecular formula is C22H32N2. The number of hydrogen-bond acceptors (Lipinski definition) is 2. The van der Waals surface area contributed by atoms with E-state index in [0.29, 0.717) is 12.1 Å². The molecular weight excluding hydrogens is 292 g/mol. The molecule has 2 N–H and O–H groups in total. The lowest BCUT2D eigenvalue weighted by atomic mass is 9.91. The molecule has 0 aliphatic carbocycles. The zero-order valence-corrected chi connectivity index (χ0v) is 15.9. The van der Waals surface area contributed by atoms with Crippen molar-refractivity contribution in [2.75, 3.05) is 0 Å². The van der Waals surface area contributed by atoms with Gasteiger partial charge >= 0.3 is 0 Å². The summed E-state index contributed by atoms with van der Waals surface area (Å²) < 4.78 is 0. The molecule has 2 nitrogen and oxygen atoms in total. The van der Waals surface area contributed by atoms with Crippen molar-refractivity contribution in [3.63, 3.8) is 0 Å². The molecule has 0 amide bonds. The van der Waals surface area contributed by atoms with Crippen LogP contribution in [0.25, 0.3) is 0 Å². The zero-order valence-electron chi connectivity index (χ0n) is 15.9. The maximum Gasteiger partial charge on any atom is 0.0520 e. The van der Waals surface area contributed by atoms with Gasteiger partial charge in [-0.3, -0.25) is 0 Å². The first-order valence-corrected chi connectivity index (χ1v) is 9.02. The predicted octanol–water partition coefficient (Wildman–Crippen LogP) is 5.08. The van der Waals surface area contributed by atoms with Crippen LogP contribution in [0.1, 0.15) is 62.0 Å². The van der Waals surface area contributed by atoms with Crippen LogP contribution in [0.3, 0.4) is 0 Å². The maximum atomic E-state index is 3.77. The largest absolute Gasteiger partial charge is 0.306 e. The van der Waals surface area contributed by atoms with Gasteiger partial charge in [0.25, 0.3) is 0 Å². The smallest absolute Gasteiger partial charge is 0.0520 e. The first-order chi connectivity index (χ1) is 11.4. The SMILES string of the molecule is Cc1ccc([C@H](NC(C)C)[C@@H](NC(C)C)c2ccc(C)cc2)cc1. The van der Waals surface area contributed by atoms with Crippen molar-refractivity contribution in [2.24, 2.45) is 0 Å². The highest BCUT2D eigenvalue weighted by atomic mass is 15.0. The van der Waals surface area contributed by atoms with Gasteiger partial charge in [-0.2, -0.15) is 0 Å². The van der Waals surface area contributed by atoms with Crippen LogP contribution in [0.2, 0.25) is 0 Å². The average Bonchev–Trinajstić information content (AvgIpc) is 2.52. The Kier molecular flexibility index (Phi) is 6.59. The van der Waals surface area contributed by atoms with Crippen LogP contribution in [0.5, 0.6) is 0 Å². The third kappa shape index (κ3) is 5.19. The molecule has 0 heterocycles. The molecule has 130 valence electrons. The first kappa shape index (κ1) is 18.7. The van der Waals surface area contributed by atoms with Gasteiger partial charge in [0, 0.05) is 12.1 Å². The van der Waals surface area contributed by atoms with Crippen LogP contribution in [0.4, 0.5) is 0 Å². The Morgan fingerprint density at radius 2 is 0.833 bits per heavy atom. The van der Waals surface area contributed by atoms with E-state index in [9.17, 15) is 0 Å². The van der Waals surface area contributed by atoms with Gasteiger partial charge in [-0.15, -0.1) is 0 Å². The minimum Gasteiger partial charge on any atom is -0.306 e. The molecule has 0 aliphatic rings. The third-order valence-electron chi connectivity index (χ3n) is 4.23. The molecule has 2 aromatic carbocycles. The normalized spacial score (nSPS) is 14.2. The van der Waals surface area contributed by atoms with Gasteiger partial charge in [0.1, 0.15) is 0 Å². The van der Waals surface area contributed by atoms with Crippen LogP contribution in [0.15, 0.2) is 48.5 Å². The quantitative estimate of drug-likeness (QED) is 0.742. The Balaban J connectivity index is 2.42. The Bertz CT molecular complexity index is 554. The fourth-order valence-corrected chi connectivity index (χ4v) is 3.04. The van der Waals surface area contributed by atoms with Gasteiger partial charge in [-0.25, -0.2) is 0 Å². The van der Waals surface area contributed by atoms with Gasteiger partial charge in [0.2, 0.25) is 0 Å². The molecule has 0 aromatic heterocycles. The van der Waals surface area contributed by atoms with E-state index in [2.05, 4.69) is 101 Å². The molecule has 0 bridgehead atoms. The van der Waals surface area contributed by atoms with E-state index >= 15 is 0 Å². The van der Waals surface area contributed by atoms with Crippen molar-refractivity contribution in [2.45, 2.75) is 65.7 Å². The van der Waals surface area contributed by atoms with E-state index in [1.807, 2.05) is 0 Å². The van der Waals surface area contributed by atoms with Gasteiger partial charge in [-0.05, 0) is 25.0 Å². The van der Waals surface area contributed by atoms with Crippen molar-refractivity contribution < 1.29 is 0 Å². The topological polar surface area (TPSA) is 24.1 Å². The van der Waals surface area contributed by atoms with Crippen LogP contribution in [-0.4, -0.2) is 12.1 Å². The summed E-state index contributed by atoms with van der Waals surface area (Å²) in [6, 6.07) is 19.1. The molecule has 24 heavy (non-hydrogen) atoms. The highest BCUT2D eigenvalue weighted by molar-refractivity contribution is 5.31. The lowest BCUT2D eigenvalue weighted by Crippen LogP contribution is -2.40. The fraction of sp³-hybridized carbons (Fsp3) is 0.455. The molecule has 2 aromatic rings. The lowest BCUT2D eigenvalue weighted by Gasteiger charge is -2.33. The van der Waals surface area contributed by atoms with Crippen molar-refractivity contribution in [3.8, 4) is 0 Å². The lowest BCUT2D eigenvalue weighted by molar-refractivity contribution is 0.341. The number of aryl methyl sites for hydroxylation is 2. The van der Waals surface area contributed by atoms with Crippen molar-refractivity contribution in [1.29, 1.82) is 0 Å². The molecule has 0 radical (unpaired) electrons. The predicted molar refractivity (Wildman–Crippen MR) is 104 cm³/mol. The minimum atomic E-state index is 0.232. The van der Waals surface area contributed by atoms with Crippen LogP contribution in [0, 0.1) is 13.8 Å². The Morgan fingerprint density at radius 1 is 0.542 bits per heavy atom. The Morgan fingerprint density at radius 3 is 1.08 bits per heavy atom. The van der Waals surface area contributed by atoms with E-state index in [-0.39, 0.29) is 12.1 Å². The molecule has 2 heteroatoms. The molecule has 0 saturated carbocycles. The summed E-state index contributed by atoms with van der Waals surface area (Å²) >= 11 is 0. The van der Waals surface area contributed by atoms with Gasteiger partial charge in [0.15, 0.2) is 0 Å². The van der Waals surface area contributed by atoms with Gasteiger partial charge in [-0.1, -0.05) is 87.4 Å². The van der Waals surface area contributed by atoms with E-state index < -0.39 is 0 Å². The van der Waals surface area contributed by atoms with Crippen molar-refractivity contribution in [1.82, 2.24) is 10.6 Å². The number of rotatable bonds is 7. The second kappa shape index (κ2) is 8.46. The second-order valence-electron chi connectivity index (χ2n) is 7.42. The minimum absolute atomic E-state index is 0.232. The van der Waals surface area contributed by atoms with Crippen LogP contribution < -0.4 is 10.6 Å². The van der Waals surface area contributed by atoms with E-state index in [1.165, 1.54) is 22.3 Å². The summed E-state index contributed by atoms with van der Waals surface area (Å²) in [5.41, 5.74) is 5.25. The summed E-state index contributed by atoms with van der Waals surface area (Å²) in [5, 5.41) is 7.54. The van der Waals surface area contributed by atoms with Crippen molar-refractivity contribution >= 4 is 0 Å². The third-order valence-corrected chi connectivity index (χ3v) is 4.23. The monoisotopic (exact) mass is 324 g/mol. The fourth-order valence-electron chi connectivity index (χ4n) is 3.04. The Hall–Kier alpha value is -1.64. The van der Waals surface area contributed by atoms with Crippen LogP contribution >= 0.6 is 0 Å². The number of nitrogens with one attached hydrogen (secondary N) is 2. The summed E-state index contributed by atoms with van der Waals surface area (Å²) in [6.45, 7) is 13.1. The second-order valence-corrected chi connectivity index (χ2v) is 7.42. The van der Waals surface area contributed by atoms with Gasteiger partial charge in [0.05, 0.1) is 12.1 Å². The summed E-state index contributed by atoms with van der Waals surface area (Å²) in [4.78, 5) is 0. The molecule has 0 saturated heterocycles. The maximum absolute atomic E-state index is 3.77. The summed E-state index contributed by atoms with van der Waals surface area (Å²) in [5.74, 6) is 0. The van der Waals surface area contributed by atoms with E-state index in [4.69, 9.17) is 0 Å². The number of hydrogen-bond donors (Lipinski definition) is 2. The summed E-state index contributed by atoms with van der Waals surface area (Å²) in [7, 11) is 0. The highest BCUT2D eigenvalue weighted by Crippen LogP contribution is 2.30. The number of benzene rings is 2. The van der Waals surface area contributed by atoms with Crippen molar-refractivity contribution in [3.05, 3.63) is 70.8 Å². The molecule has 0 unspecified atom stereocenters. The molecule has 2 rings (SSSR count). The molecule has 0 aliphatic heterocycles. The summed E-state index contributed by atoms with van der Waals surface area (Å²) in [6.07, 6.45) is 0. The standard InChI is InChI=1S/C22H32N2/c1-15(2)23-21(19-11-7-17(5)8-12-19)22(24-16(3)4)20-13-9-18(6)10-14-20/h7-16,21-24H,1-6H3/t21-,22-/m0/s1. The van der Waals surface area contributed by atoms with E-state index in [1.54, 1.807) is 0 Å². The van der Waals surface area contributed by atoms with E-state index in [0.717, 1.165) is 0 Å². The average molecular weight is 325 g/mol. The Labute approximate surface area is 147 Å².